The minimum Gasteiger partial charge on any atom is -0.494 e. The fraction of sp³-hybridized carbons (Fsp3) is 0.650. The Hall–Kier alpha value is -1.75. The van der Waals surface area contributed by atoms with Gasteiger partial charge in [0.15, 0.2) is 5.96 Å². The second kappa shape index (κ2) is 11.7. The summed E-state index contributed by atoms with van der Waals surface area (Å²) in [4.78, 5) is 4.26. The van der Waals surface area contributed by atoms with Crippen LogP contribution >= 0.6 is 0 Å². The van der Waals surface area contributed by atoms with E-state index < -0.39 is 0 Å². The van der Waals surface area contributed by atoms with Crippen LogP contribution in [-0.2, 0) is 11.2 Å². The quantitative estimate of drug-likeness (QED) is 0.347. The summed E-state index contributed by atoms with van der Waals surface area (Å²) >= 11 is 0. The van der Waals surface area contributed by atoms with Gasteiger partial charge >= 0.3 is 0 Å². The number of ether oxygens (including phenoxy) is 2. The van der Waals surface area contributed by atoms with Crippen LogP contribution in [-0.4, -0.2) is 45.9 Å². The van der Waals surface area contributed by atoms with Gasteiger partial charge in [0, 0.05) is 33.4 Å². The molecule has 140 valence electrons. The van der Waals surface area contributed by atoms with Crippen molar-refractivity contribution in [3.05, 3.63) is 29.8 Å². The molecule has 0 unspecified atom stereocenters. The molecule has 25 heavy (non-hydrogen) atoms. The molecule has 1 aromatic rings. The number of benzene rings is 1. The molecular formula is C20H33N3O2. The lowest BCUT2D eigenvalue weighted by molar-refractivity contribution is 0.123. The molecule has 1 saturated carbocycles. The Balaban J connectivity index is 1.56. The normalized spacial score (nSPS) is 14.4. The third-order valence-corrected chi connectivity index (χ3v) is 4.11. The van der Waals surface area contributed by atoms with Crippen LogP contribution in [0.4, 0.5) is 0 Å². The van der Waals surface area contributed by atoms with Crippen molar-refractivity contribution < 1.29 is 9.47 Å². The van der Waals surface area contributed by atoms with E-state index in [1.807, 2.05) is 6.07 Å². The maximum atomic E-state index is 5.68. The number of nitrogens with zero attached hydrogens (tertiary/aromatic N) is 1. The maximum Gasteiger partial charge on any atom is 0.190 e. The third-order valence-electron chi connectivity index (χ3n) is 4.11. The molecule has 2 N–H and O–H groups in total. The van der Waals surface area contributed by atoms with Gasteiger partial charge in [0.05, 0.1) is 6.61 Å². The molecule has 2 rings (SSSR count). The van der Waals surface area contributed by atoms with Gasteiger partial charge in [-0.15, -0.1) is 0 Å². The lowest BCUT2D eigenvalue weighted by Crippen LogP contribution is -2.39. The van der Waals surface area contributed by atoms with E-state index in [4.69, 9.17) is 9.47 Å². The molecule has 0 heterocycles. The number of nitrogens with one attached hydrogen (secondary N) is 2. The van der Waals surface area contributed by atoms with Crippen molar-refractivity contribution in [1.82, 2.24) is 10.6 Å². The van der Waals surface area contributed by atoms with Crippen LogP contribution < -0.4 is 15.4 Å². The van der Waals surface area contributed by atoms with Crippen molar-refractivity contribution >= 4 is 5.96 Å². The van der Waals surface area contributed by atoms with Gasteiger partial charge in [0.25, 0.3) is 0 Å². The molecular weight excluding hydrogens is 314 g/mol. The monoisotopic (exact) mass is 347 g/mol. The second-order valence-corrected chi connectivity index (χ2v) is 6.54. The summed E-state index contributed by atoms with van der Waals surface area (Å²) in [6.45, 7) is 6.37. The maximum absolute atomic E-state index is 5.68. The standard InChI is InChI=1S/C20H33N3O2/c1-3-13-25-19-7-4-6-17(15-19)10-12-23-20(21-2)22-11-5-14-24-16-18-8-9-18/h4,6-7,15,18H,3,5,8-14,16H2,1-2H3,(H2,21,22,23). The summed E-state index contributed by atoms with van der Waals surface area (Å²) in [5.74, 6) is 2.64. The Bertz CT molecular complexity index is 515. The Morgan fingerprint density at radius 2 is 2.04 bits per heavy atom. The van der Waals surface area contributed by atoms with E-state index in [2.05, 4.69) is 40.7 Å². The summed E-state index contributed by atoms with van der Waals surface area (Å²) < 4.78 is 11.3. The highest BCUT2D eigenvalue weighted by Gasteiger charge is 2.20. The van der Waals surface area contributed by atoms with Crippen molar-refractivity contribution in [2.24, 2.45) is 10.9 Å². The Morgan fingerprint density at radius 3 is 2.80 bits per heavy atom. The van der Waals surface area contributed by atoms with Crippen molar-refractivity contribution in [2.75, 3.05) is 40.0 Å². The first kappa shape index (κ1) is 19.6. The molecule has 1 aromatic carbocycles. The number of guanidine groups is 1. The van der Waals surface area contributed by atoms with E-state index >= 15 is 0 Å². The molecule has 1 aliphatic rings. The summed E-state index contributed by atoms with van der Waals surface area (Å²) in [6.07, 6.45) is 5.67. The minimum absolute atomic E-state index is 0.767. The fourth-order valence-electron chi connectivity index (χ4n) is 2.47. The molecule has 0 aromatic heterocycles. The zero-order valence-corrected chi connectivity index (χ0v) is 15.7. The first-order chi connectivity index (χ1) is 12.3. The zero-order valence-electron chi connectivity index (χ0n) is 15.7. The van der Waals surface area contributed by atoms with E-state index in [-0.39, 0.29) is 0 Å². The Morgan fingerprint density at radius 1 is 1.20 bits per heavy atom. The van der Waals surface area contributed by atoms with Gasteiger partial charge in [-0.25, -0.2) is 0 Å². The molecule has 5 nitrogen and oxygen atoms in total. The highest BCUT2D eigenvalue weighted by atomic mass is 16.5. The topological polar surface area (TPSA) is 54.9 Å². The molecule has 1 fully saturated rings. The number of rotatable bonds is 12. The van der Waals surface area contributed by atoms with Crippen molar-refractivity contribution in [1.29, 1.82) is 0 Å². The molecule has 1 aliphatic carbocycles. The number of hydrogen-bond acceptors (Lipinski definition) is 3. The van der Waals surface area contributed by atoms with Crippen molar-refractivity contribution in [3.63, 3.8) is 0 Å². The van der Waals surface area contributed by atoms with Gasteiger partial charge in [-0.1, -0.05) is 19.1 Å². The molecule has 0 atom stereocenters. The van der Waals surface area contributed by atoms with Gasteiger partial charge in [0.1, 0.15) is 5.75 Å². The second-order valence-electron chi connectivity index (χ2n) is 6.54. The molecule has 0 saturated heterocycles. The SMILES string of the molecule is CCCOc1cccc(CCNC(=NC)NCCCOCC2CC2)c1. The lowest BCUT2D eigenvalue weighted by atomic mass is 10.1. The van der Waals surface area contributed by atoms with E-state index in [1.54, 1.807) is 7.05 Å². The molecule has 5 heteroatoms. The first-order valence-corrected chi connectivity index (χ1v) is 9.55. The summed E-state index contributed by atoms with van der Waals surface area (Å²) in [5, 5.41) is 6.69. The van der Waals surface area contributed by atoms with Crippen molar-refractivity contribution in [2.45, 2.75) is 39.0 Å². The van der Waals surface area contributed by atoms with E-state index in [1.165, 1.54) is 18.4 Å². The average molecular weight is 348 g/mol. The Labute approximate surface area is 152 Å². The molecule has 0 radical (unpaired) electrons. The third kappa shape index (κ3) is 8.77. The predicted molar refractivity (Wildman–Crippen MR) is 103 cm³/mol. The largest absolute Gasteiger partial charge is 0.494 e. The molecule has 0 bridgehead atoms. The highest BCUT2D eigenvalue weighted by Crippen LogP contribution is 2.28. The van der Waals surface area contributed by atoms with Gasteiger partial charge in [-0.05, 0) is 55.7 Å². The van der Waals surface area contributed by atoms with E-state index in [0.29, 0.717) is 0 Å². The van der Waals surface area contributed by atoms with Crippen LogP contribution in [0.2, 0.25) is 0 Å². The van der Waals surface area contributed by atoms with Gasteiger partial charge in [0.2, 0.25) is 0 Å². The van der Waals surface area contributed by atoms with Crippen LogP contribution in [0, 0.1) is 5.92 Å². The highest BCUT2D eigenvalue weighted by molar-refractivity contribution is 5.79. The van der Waals surface area contributed by atoms with E-state index in [0.717, 1.165) is 69.8 Å². The number of hydrogen-bond donors (Lipinski definition) is 2. The van der Waals surface area contributed by atoms with Crippen LogP contribution in [0.25, 0.3) is 0 Å². The smallest absolute Gasteiger partial charge is 0.190 e. The first-order valence-electron chi connectivity index (χ1n) is 9.55. The molecule has 0 amide bonds. The lowest BCUT2D eigenvalue weighted by Gasteiger charge is -2.12. The predicted octanol–water partition coefficient (Wildman–Crippen LogP) is 3.00. The molecule has 0 spiro atoms. The molecule has 0 aliphatic heterocycles. The van der Waals surface area contributed by atoms with Crippen LogP contribution in [0.15, 0.2) is 29.3 Å². The zero-order chi connectivity index (χ0) is 17.7. The number of aliphatic imine (C=N–C) groups is 1. The van der Waals surface area contributed by atoms with Gasteiger partial charge < -0.3 is 20.1 Å². The van der Waals surface area contributed by atoms with Gasteiger partial charge in [-0.2, -0.15) is 0 Å². The van der Waals surface area contributed by atoms with Gasteiger partial charge in [-0.3, -0.25) is 4.99 Å². The average Bonchev–Trinajstić information content (AvgIpc) is 3.46. The summed E-state index contributed by atoms with van der Waals surface area (Å²) in [5.41, 5.74) is 1.27. The van der Waals surface area contributed by atoms with E-state index in [9.17, 15) is 0 Å². The van der Waals surface area contributed by atoms with Crippen LogP contribution in [0.1, 0.15) is 38.2 Å². The Kier molecular flexibility index (Phi) is 9.19. The minimum atomic E-state index is 0.767. The summed E-state index contributed by atoms with van der Waals surface area (Å²) in [7, 11) is 1.80. The van der Waals surface area contributed by atoms with Crippen molar-refractivity contribution in [3.8, 4) is 5.75 Å². The summed E-state index contributed by atoms with van der Waals surface area (Å²) in [6, 6.07) is 8.31. The van der Waals surface area contributed by atoms with Crippen LogP contribution in [0.3, 0.4) is 0 Å². The fourth-order valence-corrected chi connectivity index (χ4v) is 2.47. The van der Waals surface area contributed by atoms with Crippen LogP contribution in [0.5, 0.6) is 5.75 Å².